The second-order valence-electron chi connectivity index (χ2n) is 4.34. The van der Waals surface area contributed by atoms with Crippen molar-refractivity contribution in [2.75, 3.05) is 0 Å². The Bertz CT molecular complexity index is 558. The van der Waals surface area contributed by atoms with Crippen molar-refractivity contribution in [1.82, 2.24) is 10.4 Å². The van der Waals surface area contributed by atoms with Gasteiger partial charge in [0.15, 0.2) is 0 Å². The maximum absolute atomic E-state index is 14.0. The molecule has 0 bridgehead atoms. The number of aryl methyl sites for hydroxylation is 1. The van der Waals surface area contributed by atoms with Crippen LogP contribution in [0.25, 0.3) is 0 Å². The molecule has 5 heteroatoms. The van der Waals surface area contributed by atoms with E-state index < -0.39 is 17.7 Å². The van der Waals surface area contributed by atoms with E-state index in [2.05, 4.69) is 10.4 Å². The minimum atomic E-state index is -0.658. The third-order valence-corrected chi connectivity index (χ3v) is 3.01. The van der Waals surface area contributed by atoms with Crippen LogP contribution in [0.4, 0.5) is 8.78 Å². The van der Waals surface area contributed by atoms with Crippen LogP contribution in [-0.4, -0.2) is 4.98 Å². The van der Waals surface area contributed by atoms with Crippen LogP contribution in [0.2, 0.25) is 0 Å². The number of hydrogen-bond donors (Lipinski definition) is 2. The highest BCUT2D eigenvalue weighted by atomic mass is 19.1. The molecule has 19 heavy (non-hydrogen) atoms. The first-order valence-electron chi connectivity index (χ1n) is 5.94. The Kier molecular flexibility index (Phi) is 4.19. The Labute approximate surface area is 110 Å². The summed E-state index contributed by atoms with van der Waals surface area (Å²) in [6.45, 7) is 1.59. The molecular weight excluding hydrogens is 248 g/mol. The molecule has 0 amide bonds. The van der Waals surface area contributed by atoms with Gasteiger partial charge in [0.2, 0.25) is 0 Å². The molecule has 0 spiro atoms. The number of nitrogens with two attached hydrogens (primary N) is 1. The van der Waals surface area contributed by atoms with Crippen molar-refractivity contribution in [2.45, 2.75) is 19.4 Å². The largest absolute Gasteiger partial charge is 0.271 e. The van der Waals surface area contributed by atoms with Crippen LogP contribution in [0, 0.1) is 18.6 Å². The van der Waals surface area contributed by atoms with Gasteiger partial charge in [-0.2, -0.15) is 0 Å². The van der Waals surface area contributed by atoms with Gasteiger partial charge in [-0.15, -0.1) is 0 Å². The summed E-state index contributed by atoms with van der Waals surface area (Å²) in [5.41, 5.74) is 3.51. The maximum Gasteiger partial charge on any atom is 0.133 e. The van der Waals surface area contributed by atoms with E-state index in [0.29, 0.717) is 17.7 Å². The van der Waals surface area contributed by atoms with Crippen LogP contribution in [0.15, 0.2) is 36.5 Å². The lowest BCUT2D eigenvalue weighted by Crippen LogP contribution is -2.31. The molecule has 1 atom stereocenters. The van der Waals surface area contributed by atoms with Crippen molar-refractivity contribution in [2.24, 2.45) is 5.84 Å². The first-order valence-corrected chi connectivity index (χ1v) is 5.94. The Hall–Kier alpha value is -1.85. The molecule has 0 aliphatic carbocycles. The zero-order valence-electron chi connectivity index (χ0n) is 10.5. The van der Waals surface area contributed by atoms with E-state index >= 15 is 0 Å². The highest BCUT2D eigenvalue weighted by molar-refractivity contribution is 5.30. The van der Waals surface area contributed by atoms with Crippen molar-refractivity contribution < 1.29 is 8.78 Å². The third-order valence-electron chi connectivity index (χ3n) is 3.01. The molecule has 0 aliphatic rings. The highest BCUT2D eigenvalue weighted by Crippen LogP contribution is 2.25. The summed E-state index contributed by atoms with van der Waals surface area (Å²) in [5, 5.41) is 0. The lowest BCUT2D eigenvalue weighted by molar-refractivity contribution is 0.467. The van der Waals surface area contributed by atoms with E-state index in [1.165, 1.54) is 12.1 Å². The number of pyridine rings is 1. The van der Waals surface area contributed by atoms with Gasteiger partial charge < -0.3 is 0 Å². The average molecular weight is 263 g/mol. The highest BCUT2D eigenvalue weighted by Gasteiger charge is 2.21. The minimum Gasteiger partial charge on any atom is -0.271 e. The van der Waals surface area contributed by atoms with E-state index in [1.807, 2.05) is 6.07 Å². The molecule has 2 aromatic rings. The number of benzene rings is 1. The standard InChI is InChI=1S/C14H15F2N3/c1-9-5-6-11(15)13(14(9)16)12(19-17)8-10-4-2-3-7-18-10/h2-7,12,19H,8,17H2,1H3. The van der Waals surface area contributed by atoms with Crippen molar-refractivity contribution in [1.29, 1.82) is 0 Å². The number of hydrazine groups is 1. The topological polar surface area (TPSA) is 50.9 Å². The smallest absolute Gasteiger partial charge is 0.133 e. The lowest BCUT2D eigenvalue weighted by Gasteiger charge is -2.18. The number of aromatic nitrogens is 1. The van der Waals surface area contributed by atoms with Crippen LogP contribution < -0.4 is 11.3 Å². The molecule has 1 aromatic heterocycles. The number of nitrogens with zero attached hydrogens (tertiary/aromatic N) is 1. The zero-order valence-corrected chi connectivity index (χ0v) is 10.5. The summed E-state index contributed by atoms with van der Waals surface area (Å²) >= 11 is 0. The van der Waals surface area contributed by atoms with E-state index in [-0.39, 0.29) is 5.56 Å². The maximum atomic E-state index is 14.0. The zero-order chi connectivity index (χ0) is 13.8. The quantitative estimate of drug-likeness (QED) is 0.658. The molecule has 3 nitrogen and oxygen atoms in total. The van der Waals surface area contributed by atoms with Crippen LogP contribution in [0.3, 0.4) is 0 Å². The molecule has 1 aromatic carbocycles. The van der Waals surface area contributed by atoms with Gasteiger partial charge in [-0.25, -0.2) is 8.78 Å². The molecule has 1 unspecified atom stereocenters. The monoisotopic (exact) mass is 263 g/mol. The number of rotatable bonds is 4. The van der Waals surface area contributed by atoms with E-state index in [4.69, 9.17) is 5.84 Å². The fourth-order valence-corrected chi connectivity index (χ4v) is 1.97. The summed E-state index contributed by atoms with van der Waals surface area (Å²) in [5.74, 6) is 4.25. The molecule has 0 aliphatic heterocycles. The average Bonchev–Trinajstić information content (AvgIpc) is 2.43. The summed E-state index contributed by atoms with van der Waals surface area (Å²) in [6, 6.07) is 7.38. The van der Waals surface area contributed by atoms with Gasteiger partial charge in [0.25, 0.3) is 0 Å². The van der Waals surface area contributed by atoms with Crippen LogP contribution in [0.1, 0.15) is 22.9 Å². The predicted molar refractivity (Wildman–Crippen MR) is 69.1 cm³/mol. The lowest BCUT2D eigenvalue weighted by atomic mass is 9.99. The van der Waals surface area contributed by atoms with Crippen molar-refractivity contribution in [3.8, 4) is 0 Å². The molecule has 0 radical (unpaired) electrons. The van der Waals surface area contributed by atoms with Crippen LogP contribution in [0.5, 0.6) is 0 Å². The first kappa shape index (κ1) is 13.6. The predicted octanol–water partition coefficient (Wildman–Crippen LogP) is 2.42. The van der Waals surface area contributed by atoms with Gasteiger partial charge in [-0.05, 0) is 30.7 Å². The SMILES string of the molecule is Cc1ccc(F)c(C(Cc2ccccn2)NN)c1F. The Morgan fingerprint density at radius 2 is 2.05 bits per heavy atom. The Balaban J connectivity index is 2.35. The van der Waals surface area contributed by atoms with Gasteiger partial charge >= 0.3 is 0 Å². The first-order chi connectivity index (χ1) is 9.13. The van der Waals surface area contributed by atoms with Gasteiger partial charge in [0.05, 0.1) is 6.04 Å². The van der Waals surface area contributed by atoms with Crippen molar-refractivity contribution >= 4 is 0 Å². The Morgan fingerprint density at radius 3 is 2.68 bits per heavy atom. The number of nitrogens with one attached hydrogen (secondary N) is 1. The molecule has 1 heterocycles. The molecule has 0 fully saturated rings. The molecule has 0 saturated heterocycles. The van der Waals surface area contributed by atoms with Gasteiger partial charge in [0.1, 0.15) is 11.6 Å². The summed E-state index contributed by atoms with van der Waals surface area (Å²) in [4.78, 5) is 4.13. The normalized spacial score (nSPS) is 12.4. The van der Waals surface area contributed by atoms with E-state index in [1.54, 1.807) is 25.3 Å². The summed E-state index contributed by atoms with van der Waals surface area (Å²) in [7, 11) is 0. The van der Waals surface area contributed by atoms with Crippen LogP contribution in [-0.2, 0) is 6.42 Å². The third kappa shape index (κ3) is 2.94. The molecule has 2 rings (SSSR count). The second-order valence-corrected chi connectivity index (χ2v) is 4.34. The van der Waals surface area contributed by atoms with Gasteiger partial charge in [-0.3, -0.25) is 16.3 Å². The van der Waals surface area contributed by atoms with Crippen LogP contribution >= 0.6 is 0 Å². The fraction of sp³-hybridized carbons (Fsp3) is 0.214. The second kappa shape index (κ2) is 5.86. The fourth-order valence-electron chi connectivity index (χ4n) is 1.97. The molecule has 0 saturated carbocycles. The van der Waals surface area contributed by atoms with Crippen molar-refractivity contribution in [3.05, 3.63) is 65.0 Å². The molecule has 100 valence electrons. The van der Waals surface area contributed by atoms with Gasteiger partial charge in [0, 0.05) is 23.9 Å². The van der Waals surface area contributed by atoms with Gasteiger partial charge in [-0.1, -0.05) is 12.1 Å². The van der Waals surface area contributed by atoms with E-state index in [0.717, 1.165) is 0 Å². The molecular formula is C14H15F2N3. The Morgan fingerprint density at radius 1 is 1.26 bits per heavy atom. The molecule has 3 N–H and O–H groups in total. The number of halogens is 2. The summed E-state index contributed by atoms with van der Waals surface area (Å²) in [6.07, 6.45) is 1.94. The minimum absolute atomic E-state index is 0.0480. The number of hydrogen-bond acceptors (Lipinski definition) is 3. The van der Waals surface area contributed by atoms with Crippen molar-refractivity contribution in [3.63, 3.8) is 0 Å². The van der Waals surface area contributed by atoms with E-state index in [9.17, 15) is 8.78 Å². The summed E-state index contributed by atoms with van der Waals surface area (Å²) < 4.78 is 27.9.